The fourth-order valence-electron chi connectivity index (χ4n) is 1.46. The Kier molecular flexibility index (Phi) is 4.33. The summed E-state index contributed by atoms with van der Waals surface area (Å²) >= 11 is 0. The van der Waals surface area contributed by atoms with Gasteiger partial charge in [-0.05, 0) is 37.1 Å². The van der Waals surface area contributed by atoms with E-state index in [1.54, 1.807) is 24.3 Å². The number of hydrogen-bond acceptors (Lipinski definition) is 3. The van der Waals surface area contributed by atoms with Crippen molar-refractivity contribution in [2.75, 3.05) is 13.2 Å². The molecule has 1 N–H and O–H groups in total. The minimum atomic E-state index is 0.562. The van der Waals surface area contributed by atoms with Gasteiger partial charge in [-0.2, -0.15) is 0 Å². The Morgan fingerprint density at radius 1 is 1.24 bits per heavy atom. The van der Waals surface area contributed by atoms with Crippen molar-refractivity contribution in [2.45, 2.75) is 18.9 Å². The van der Waals surface area contributed by atoms with Gasteiger partial charge in [0.15, 0.2) is 0 Å². The van der Waals surface area contributed by atoms with Crippen LogP contribution in [0.15, 0.2) is 36.4 Å². The van der Waals surface area contributed by atoms with Crippen LogP contribution in [0.4, 0.5) is 0 Å². The van der Waals surface area contributed by atoms with E-state index in [2.05, 4.69) is 11.4 Å². The molecule has 0 aromatic heterocycles. The Labute approximate surface area is 101 Å². The molecule has 0 saturated heterocycles. The first-order chi connectivity index (χ1) is 8.38. The predicted molar refractivity (Wildman–Crippen MR) is 67.5 cm³/mol. The van der Waals surface area contributed by atoms with Crippen molar-refractivity contribution in [2.24, 2.45) is 0 Å². The Bertz CT molecular complexity index is 380. The maximum atomic E-state index is 10.5. The summed E-state index contributed by atoms with van der Waals surface area (Å²) in [6.45, 7) is 1.48. The zero-order valence-electron chi connectivity index (χ0n) is 9.76. The van der Waals surface area contributed by atoms with Crippen LogP contribution < -0.4 is 10.1 Å². The van der Waals surface area contributed by atoms with Gasteiger partial charge in [0.05, 0.1) is 0 Å². The first kappa shape index (κ1) is 11.9. The molecule has 1 saturated carbocycles. The van der Waals surface area contributed by atoms with Gasteiger partial charge in [0, 0.05) is 18.2 Å². The lowest BCUT2D eigenvalue weighted by Crippen LogP contribution is -2.15. The Balaban J connectivity index is 1.64. The first-order valence-corrected chi connectivity index (χ1v) is 5.95. The van der Waals surface area contributed by atoms with Gasteiger partial charge in [0.1, 0.15) is 18.6 Å². The molecule has 1 aromatic carbocycles. The maximum absolute atomic E-state index is 10.5. The van der Waals surface area contributed by atoms with E-state index in [1.807, 2.05) is 6.08 Å². The minimum Gasteiger partial charge on any atom is -0.490 e. The average molecular weight is 231 g/mol. The van der Waals surface area contributed by atoms with Crippen LogP contribution >= 0.6 is 0 Å². The highest BCUT2D eigenvalue weighted by atomic mass is 16.5. The summed E-state index contributed by atoms with van der Waals surface area (Å²) in [4.78, 5) is 10.5. The number of ether oxygens (including phenoxy) is 1. The fourth-order valence-corrected chi connectivity index (χ4v) is 1.46. The van der Waals surface area contributed by atoms with E-state index in [4.69, 9.17) is 4.74 Å². The Morgan fingerprint density at radius 3 is 2.65 bits per heavy atom. The normalized spacial score (nSPS) is 15.1. The number of aldehydes is 1. The number of carbonyl (C=O) groups is 1. The van der Waals surface area contributed by atoms with E-state index in [0.717, 1.165) is 24.6 Å². The van der Waals surface area contributed by atoms with Crippen LogP contribution in [0.1, 0.15) is 23.2 Å². The summed E-state index contributed by atoms with van der Waals surface area (Å²) in [5.74, 6) is 0.787. The molecule has 0 heterocycles. The highest BCUT2D eigenvalue weighted by Crippen LogP contribution is 2.17. The number of hydrogen-bond donors (Lipinski definition) is 1. The standard InChI is InChI=1S/C14H17NO2/c16-11-12-3-7-14(8-4-12)17-10-2-1-9-15-13-5-6-13/h1-4,7-8,11,13,15H,5-6,9-10H2. The van der Waals surface area contributed by atoms with Gasteiger partial charge in [0.25, 0.3) is 0 Å². The molecule has 0 unspecified atom stereocenters. The molecular weight excluding hydrogens is 214 g/mol. The van der Waals surface area contributed by atoms with Crippen LogP contribution in [0.3, 0.4) is 0 Å². The molecule has 1 fully saturated rings. The van der Waals surface area contributed by atoms with E-state index in [1.165, 1.54) is 12.8 Å². The SMILES string of the molecule is O=Cc1ccc(OCC=CCNC2CC2)cc1. The summed E-state index contributed by atoms with van der Waals surface area (Å²) in [7, 11) is 0. The second kappa shape index (κ2) is 6.21. The lowest BCUT2D eigenvalue weighted by atomic mass is 10.2. The van der Waals surface area contributed by atoms with Crippen molar-refractivity contribution >= 4 is 6.29 Å². The second-order valence-corrected chi connectivity index (χ2v) is 4.15. The number of carbonyl (C=O) groups excluding carboxylic acids is 1. The third-order valence-corrected chi connectivity index (χ3v) is 2.63. The quantitative estimate of drug-likeness (QED) is 0.577. The molecule has 1 aliphatic rings. The van der Waals surface area contributed by atoms with Crippen molar-refractivity contribution in [3.63, 3.8) is 0 Å². The number of rotatable bonds is 7. The molecule has 2 rings (SSSR count). The molecule has 0 amide bonds. The molecule has 1 aromatic rings. The highest BCUT2D eigenvalue weighted by Gasteiger charge is 2.18. The van der Waals surface area contributed by atoms with E-state index < -0.39 is 0 Å². The number of benzene rings is 1. The molecule has 0 atom stereocenters. The predicted octanol–water partition coefficient (Wildman–Crippen LogP) is 2.19. The molecule has 0 spiro atoms. The summed E-state index contributed by atoms with van der Waals surface area (Å²) in [6.07, 6.45) is 7.54. The van der Waals surface area contributed by atoms with E-state index >= 15 is 0 Å². The van der Waals surface area contributed by atoms with E-state index in [-0.39, 0.29) is 0 Å². The molecule has 0 aliphatic heterocycles. The Hall–Kier alpha value is -1.61. The molecular formula is C14H17NO2. The highest BCUT2D eigenvalue weighted by molar-refractivity contribution is 5.74. The summed E-state index contributed by atoms with van der Waals surface area (Å²) in [5.41, 5.74) is 0.668. The molecule has 1 aliphatic carbocycles. The molecule has 3 heteroatoms. The molecule has 0 bridgehead atoms. The van der Waals surface area contributed by atoms with Crippen molar-refractivity contribution < 1.29 is 9.53 Å². The Morgan fingerprint density at radius 2 is 2.00 bits per heavy atom. The van der Waals surface area contributed by atoms with Crippen LogP contribution in [0.25, 0.3) is 0 Å². The summed E-state index contributed by atoms with van der Waals surface area (Å²) < 4.78 is 5.50. The van der Waals surface area contributed by atoms with Gasteiger partial charge < -0.3 is 10.1 Å². The van der Waals surface area contributed by atoms with Crippen LogP contribution in [-0.2, 0) is 0 Å². The van der Waals surface area contributed by atoms with Gasteiger partial charge in [-0.3, -0.25) is 4.79 Å². The third kappa shape index (κ3) is 4.41. The average Bonchev–Trinajstić information content (AvgIpc) is 3.18. The topological polar surface area (TPSA) is 38.3 Å². The first-order valence-electron chi connectivity index (χ1n) is 5.95. The fraction of sp³-hybridized carbons (Fsp3) is 0.357. The summed E-state index contributed by atoms with van der Waals surface area (Å²) in [6, 6.07) is 7.86. The largest absolute Gasteiger partial charge is 0.490 e. The van der Waals surface area contributed by atoms with Crippen molar-refractivity contribution in [3.8, 4) is 5.75 Å². The second-order valence-electron chi connectivity index (χ2n) is 4.15. The van der Waals surface area contributed by atoms with Crippen molar-refractivity contribution in [1.82, 2.24) is 5.32 Å². The molecule has 0 radical (unpaired) electrons. The van der Waals surface area contributed by atoms with E-state index in [9.17, 15) is 4.79 Å². The minimum absolute atomic E-state index is 0.562. The number of nitrogens with one attached hydrogen (secondary N) is 1. The van der Waals surface area contributed by atoms with Crippen molar-refractivity contribution in [1.29, 1.82) is 0 Å². The molecule has 3 nitrogen and oxygen atoms in total. The lowest BCUT2D eigenvalue weighted by Gasteiger charge is -2.02. The maximum Gasteiger partial charge on any atom is 0.150 e. The van der Waals surface area contributed by atoms with Gasteiger partial charge in [-0.1, -0.05) is 12.2 Å². The van der Waals surface area contributed by atoms with Crippen LogP contribution in [0, 0.1) is 0 Å². The van der Waals surface area contributed by atoms with Crippen LogP contribution in [0.2, 0.25) is 0 Å². The molecule has 90 valence electrons. The van der Waals surface area contributed by atoms with Crippen molar-refractivity contribution in [3.05, 3.63) is 42.0 Å². The zero-order valence-corrected chi connectivity index (χ0v) is 9.76. The summed E-state index contributed by atoms with van der Waals surface area (Å²) in [5, 5.41) is 3.39. The smallest absolute Gasteiger partial charge is 0.150 e. The lowest BCUT2D eigenvalue weighted by molar-refractivity contribution is 0.112. The van der Waals surface area contributed by atoms with E-state index in [0.29, 0.717) is 12.2 Å². The molecule has 17 heavy (non-hydrogen) atoms. The van der Waals surface area contributed by atoms with Gasteiger partial charge in [0.2, 0.25) is 0 Å². The van der Waals surface area contributed by atoms with Gasteiger partial charge in [-0.15, -0.1) is 0 Å². The van der Waals surface area contributed by atoms with Crippen LogP contribution in [-0.4, -0.2) is 25.5 Å². The van der Waals surface area contributed by atoms with Gasteiger partial charge in [-0.25, -0.2) is 0 Å². The third-order valence-electron chi connectivity index (χ3n) is 2.63. The van der Waals surface area contributed by atoms with Gasteiger partial charge >= 0.3 is 0 Å². The van der Waals surface area contributed by atoms with Crippen LogP contribution in [0.5, 0.6) is 5.75 Å². The zero-order chi connectivity index (χ0) is 11.9. The monoisotopic (exact) mass is 231 g/mol.